The van der Waals surface area contributed by atoms with Crippen molar-refractivity contribution in [1.29, 1.82) is 0 Å². The number of benzene rings is 2. The fraction of sp³-hybridized carbons (Fsp3) is 0.0833. The Morgan fingerprint density at radius 1 is 0.821 bits per heavy atom. The van der Waals surface area contributed by atoms with Crippen LogP contribution >= 0.6 is 0 Å². The summed E-state index contributed by atoms with van der Waals surface area (Å²) in [7, 11) is 0. The number of nitrogens with zero attached hydrogens (tertiary/aromatic N) is 1. The molecule has 0 atom stereocenters. The second-order valence-electron chi connectivity index (χ2n) is 6.48. The Labute approximate surface area is 206 Å². The van der Waals surface area contributed by atoms with Crippen molar-refractivity contribution in [2.75, 3.05) is 0 Å². The number of halogens is 2. The topological polar surface area (TPSA) is 4.93 Å². The van der Waals surface area contributed by atoms with Crippen molar-refractivity contribution < 1.29 is 60.2 Å². The van der Waals surface area contributed by atoms with Crippen molar-refractivity contribution in [2.24, 2.45) is 0 Å². The Hall–Kier alpha value is -1.22. The van der Waals surface area contributed by atoms with Crippen molar-refractivity contribution in [1.82, 2.24) is 4.57 Å². The quantitative estimate of drug-likeness (QED) is 0.258. The van der Waals surface area contributed by atoms with E-state index in [4.69, 9.17) is 0 Å². The van der Waals surface area contributed by atoms with Crippen molar-refractivity contribution in [3.8, 4) is 5.69 Å². The molecule has 0 aliphatic carbocycles. The van der Waals surface area contributed by atoms with Gasteiger partial charge >= 0.3 is 26.2 Å². The second kappa shape index (κ2) is 11.1. The molecule has 0 N–H and O–H groups in total. The summed E-state index contributed by atoms with van der Waals surface area (Å²) in [6.07, 6.45) is 2.14. The Balaban J connectivity index is 0.000000341. The molecule has 4 heteroatoms. The minimum absolute atomic E-state index is 0. The molecule has 5 rings (SSSR count). The van der Waals surface area contributed by atoms with Crippen LogP contribution in [0.3, 0.4) is 0 Å². The molecule has 1 heterocycles. The summed E-state index contributed by atoms with van der Waals surface area (Å²) >= 11 is 0. The summed E-state index contributed by atoms with van der Waals surface area (Å²) in [5.74, 6) is 0. The zero-order valence-electron chi connectivity index (χ0n) is 15.9. The number of aromatic nitrogens is 1. The van der Waals surface area contributed by atoms with Crippen LogP contribution in [0, 0.1) is 13.8 Å². The van der Waals surface area contributed by atoms with Crippen LogP contribution in [0.5, 0.6) is 0 Å². The van der Waals surface area contributed by atoms with Crippen LogP contribution in [-0.2, 0) is 26.2 Å². The van der Waals surface area contributed by atoms with E-state index in [2.05, 4.69) is 110 Å². The van der Waals surface area contributed by atoms with Crippen LogP contribution in [-0.4, -0.2) is 4.57 Å². The first kappa shape index (κ1) is 24.8. The van der Waals surface area contributed by atoms with Crippen LogP contribution in [0.4, 0.5) is 0 Å². The maximum atomic E-state index is 2.25. The van der Waals surface area contributed by atoms with Gasteiger partial charge in [0.05, 0.1) is 5.52 Å². The third kappa shape index (κ3) is 5.23. The molecule has 0 aliphatic rings. The Morgan fingerprint density at radius 2 is 1.50 bits per heavy atom. The Morgan fingerprint density at radius 3 is 2.11 bits per heavy atom. The van der Waals surface area contributed by atoms with E-state index in [0.717, 1.165) is 0 Å². The number of aryl methyl sites for hydroxylation is 2. The number of rotatable bonds is 1. The fourth-order valence-electron chi connectivity index (χ4n) is 3.18. The molecule has 28 heavy (non-hydrogen) atoms. The van der Waals surface area contributed by atoms with Gasteiger partial charge in [0.2, 0.25) is 0 Å². The third-order valence-electron chi connectivity index (χ3n) is 4.79. The number of hydrogen-bond donors (Lipinski definition) is 0. The number of fused-ring (bicyclic) bond motifs is 2. The van der Waals surface area contributed by atoms with Crippen LogP contribution in [0.25, 0.3) is 27.4 Å². The van der Waals surface area contributed by atoms with E-state index >= 15 is 0 Å². The molecule has 0 saturated heterocycles. The summed E-state index contributed by atoms with van der Waals surface area (Å²) in [4.78, 5) is 0. The molecule has 1 aromatic heterocycles. The molecule has 0 radical (unpaired) electrons. The SMILES string of the molecule is Cc1ccc[c-]1C.[Br-].[Br-].[Zr+4].c1ccc2[cH-]c(-n3ccc4ccccc43)cc2c1. The molecular weight excluding hydrogens is 553 g/mol. The molecule has 0 bridgehead atoms. The second-order valence-corrected chi connectivity index (χ2v) is 6.48. The molecule has 4 aromatic carbocycles. The van der Waals surface area contributed by atoms with Crippen LogP contribution < -0.4 is 34.0 Å². The summed E-state index contributed by atoms with van der Waals surface area (Å²) in [6.45, 7) is 4.24. The molecule has 140 valence electrons. The maximum Gasteiger partial charge on any atom is 4.00 e. The van der Waals surface area contributed by atoms with E-state index in [0.29, 0.717) is 0 Å². The zero-order chi connectivity index (χ0) is 17.2. The number of para-hydroxylation sites is 1. The monoisotopic (exact) mass is 571 g/mol. The molecular formula is C24H21Br2NZr. The van der Waals surface area contributed by atoms with Gasteiger partial charge in [0.25, 0.3) is 0 Å². The van der Waals surface area contributed by atoms with Gasteiger partial charge in [0.1, 0.15) is 0 Å². The van der Waals surface area contributed by atoms with Crippen molar-refractivity contribution in [3.05, 3.63) is 102 Å². The summed E-state index contributed by atoms with van der Waals surface area (Å²) < 4.78 is 2.25. The van der Waals surface area contributed by atoms with E-state index < -0.39 is 0 Å². The van der Waals surface area contributed by atoms with Gasteiger partial charge in [-0.05, 0) is 23.2 Å². The Kier molecular flexibility index (Phi) is 9.83. The molecule has 0 aliphatic heterocycles. The predicted molar refractivity (Wildman–Crippen MR) is 108 cm³/mol. The van der Waals surface area contributed by atoms with Crippen molar-refractivity contribution >= 4 is 21.7 Å². The number of hydrogen-bond acceptors (Lipinski definition) is 0. The first-order valence-corrected chi connectivity index (χ1v) is 8.63. The molecule has 0 amide bonds. The first-order chi connectivity index (χ1) is 12.2. The average Bonchev–Trinajstić information content (AvgIpc) is 3.34. The van der Waals surface area contributed by atoms with Crippen LogP contribution in [0.15, 0.2) is 91.1 Å². The fourth-order valence-corrected chi connectivity index (χ4v) is 3.18. The minimum atomic E-state index is 0. The van der Waals surface area contributed by atoms with E-state index in [1.807, 2.05) is 0 Å². The van der Waals surface area contributed by atoms with Crippen molar-refractivity contribution in [3.63, 3.8) is 0 Å². The summed E-state index contributed by atoms with van der Waals surface area (Å²) in [5.41, 5.74) is 5.27. The molecule has 0 unspecified atom stereocenters. The normalized spacial score (nSPS) is 9.64. The van der Waals surface area contributed by atoms with Gasteiger partial charge in [0.15, 0.2) is 0 Å². The third-order valence-corrected chi connectivity index (χ3v) is 4.79. The molecule has 5 aromatic rings. The van der Waals surface area contributed by atoms with Crippen LogP contribution in [0.1, 0.15) is 11.1 Å². The standard InChI is InChI=1S/C17H12N.C7H9.2BrH.Zr/c1-2-7-15-12-16(11-14(15)6-1)18-10-9-13-5-3-4-8-17(13)18;1-6-4-3-5-7(6)2;;;/h1-12H;3-5H,1-2H3;2*1H;/q2*-1;;;+4/p-2. The van der Waals surface area contributed by atoms with E-state index in [1.165, 1.54) is 38.5 Å². The van der Waals surface area contributed by atoms with Gasteiger partial charge in [-0.2, -0.15) is 17.2 Å². The van der Waals surface area contributed by atoms with Gasteiger partial charge < -0.3 is 38.5 Å². The Bertz CT molecular complexity index is 1080. The summed E-state index contributed by atoms with van der Waals surface area (Å²) in [6, 6.07) is 29.9. The average molecular weight is 574 g/mol. The maximum absolute atomic E-state index is 2.25. The smallest absolute Gasteiger partial charge is 1.00 e. The zero-order valence-corrected chi connectivity index (χ0v) is 21.5. The minimum Gasteiger partial charge on any atom is -1.00 e. The predicted octanol–water partition coefficient (Wildman–Crippen LogP) is 0.530. The van der Waals surface area contributed by atoms with Crippen LogP contribution in [0.2, 0.25) is 0 Å². The van der Waals surface area contributed by atoms with E-state index in [-0.39, 0.29) is 60.2 Å². The molecule has 0 fully saturated rings. The largest absolute Gasteiger partial charge is 4.00 e. The van der Waals surface area contributed by atoms with Gasteiger partial charge in [-0.3, -0.25) is 0 Å². The molecule has 1 nitrogen and oxygen atoms in total. The van der Waals surface area contributed by atoms with Gasteiger partial charge in [0, 0.05) is 6.20 Å². The van der Waals surface area contributed by atoms with Gasteiger partial charge in [-0.1, -0.05) is 38.1 Å². The van der Waals surface area contributed by atoms with E-state index in [1.54, 1.807) is 0 Å². The summed E-state index contributed by atoms with van der Waals surface area (Å²) in [5, 5.41) is 3.87. The van der Waals surface area contributed by atoms with Gasteiger partial charge in [-0.25, -0.2) is 12.1 Å². The molecule has 0 spiro atoms. The van der Waals surface area contributed by atoms with E-state index in [9.17, 15) is 0 Å². The van der Waals surface area contributed by atoms with Crippen molar-refractivity contribution in [2.45, 2.75) is 13.8 Å². The first-order valence-electron chi connectivity index (χ1n) is 8.63. The molecule has 0 saturated carbocycles. The van der Waals surface area contributed by atoms with Gasteiger partial charge in [-0.15, -0.1) is 41.1 Å².